The molecule has 0 heterocycles. The normalized spacial score (nSPS) is 11.3. The van der Waals surface area contributed by atoms with Crippen molar-refractivity contribution in [2.75, 3.05) is 6.61 Å². The number of hydrogen-bond acceptors (Lipinski definition) is 4. The third-order valence-electron chi connectivity index (χ3n) is 4.24. The SMILES string of the molecule is C=C(C)C(=O)O/C=C(\C)C(=O)OCCCCCCCCCCCCCC. The summed E-state index contributed by atoms with van der Waals surface area (Å²) in [6, 6.07) is 0. The number of unbranched alkanes of at least 4 members (excludes halogenated alkanes) is 11. The highest BCUT2D eigenvalue weighted by Crippen LogP contribution is 2.12. The van der Waals surface area contributed by atoms with E-state index in [9.17, 15) is 9.59 Å². The molecule has 4 heteroatoms. The van der Waals surface area contributed by atoms with Crippen LogP contribution in [0.3, 0.4) is 0 Å². The Morgan fingerprint density at radius 2 is 1.23 bits per heavy atom. The second-order valence-electron chi connectivity index (χ2n) is 7.01. The molecule has 0 N–H and O–H groups in total. The monoisotopic (exact) mass is 366 g/mol. The van der Waals surface area contributed by atoms with Crippen molar-refractivity contribution in [2.45, 2.75) is 97.8 Å². The van der Waals surface area contributed by atoms with Gasteiger partial charge in [0.25, 0.3) is 0 Å². The number of hydrogen-bond donors (Lipinski definition) is 0. The molecule has 0 aliphatic heterocycles. The molecule has 0 rings (SSSR count). The Labute approximate surface area is 160 Å². The summed E-state index contributed by atoms with van der Waals surface area (Å²) in [6.45, 7) is 9.26. The molecule has 150 valence electrons. The molecule has 4 nitrogen and oxygen atoms in total. The van der Waals surface area contributed by atoms with Gasteiger partial charge in [0, 0.05) is 5.57 Å². The van der Waals surface area contributed by atoms with E-state index in [-0.39, 0.29) is 5.57 Å². The second kappa shape index (κ2) is 16.9. The summed E-state index contributed by atoms with van der Waals surface area (Å²) in [4.78, 5) is 23.0. The molecule has 0 aliphatic carbocycles. The molecule has 0 aromatic rings. The fourth-order valence-corrected chi connectivity index (χ4v) is 2.51. The fourth-order valence-electron chi connectivity index (χ4n) is 2.51. The molecule has 0 aromatic carbocycles. The summed E-state index contributed by atoms with van der Waals surface area (Å²) < 4.78 is 9.97. The summed E-state index contributed by atoms with van der Waals surface area (Å²) in [5.41, 5.74) is 0.567. The van der Waals surface area contributed by atoms with Crippen LogP contribution in [0.1, 0.15) is 97.8 Å². The predicted molar refractivity (Wildman–Crippen MR) is 107 cm³/mol. The van der Waals surface area contributed by atoms with Crippen LogP contribution in [-0.4, -0.2) is 18.5 Å². The van der Waals surface area contributed by atoms with Gasteiger partial charge >= 0.3 is 11.9 Å². The van der Waals surface area contributed by atoms with Gasteiger partial charge in [0.05, 0.1) is 12.2 Å². The van der Waals surface area contributed by atoms with Crippen LogP contribution in [0.4, 0.5) is 0 Å². The van der Waals surface area contributed by atoms with E-state index in [0.717, 1.165) is 19.1 Å². The molecule has 26 heavy (non-hydrogen) atoms. The van der Waals surface area contributed by atoms with E-state index >= 15 is 0 Å². The number of rotatable bonds is 16. The highest BCUT2D eigenvalue weighted by molar-refractivity contribution is 5.90. The largest absolute Gasteiger partial charge is 0.462 e. The highest BCUT2D eigenvalue weighted by atomic mass is 16.5. The van der Waals surface area contributed by atoms with Crippen LogP contribution < -0.4 is 0 Å². The molecule has 0 aliphatic rings. The molecule has 0 radical (unpaired) electrons. The van der Waals surface area contributed by atoms with Gasteiger partial charge in [0.1, 0.15) is 6.26 Å². The smallest absolute Gasteiger partial charge is 0.337 e. The van der Waals surface area contributed by atoms with Crippen molar-refractivity contribution < 1.29 is 19.1 Å². The zero-order valence-corrected chi connectivity index (χ0v) is 17.1. The zero-order valence-electron chi connectivity index (χ0n) is 17.1. The van der Waals surface area contributed by atoms with Crippen LogP contribution >= 0.6 is 0 Å². The quantitative estimate of drug-likeness (QED) is 0.140. The average Bonchev–Trinajstić information content (AvgIpc) is 2.62. The van der Waals surface area contributed by atoms with Crippen molar-refractivity contribution in [2.24, 2.45) is 0 Å². The Hall–Kier alpha value is -1.58. The summed E-state index contributed by atoms with van der Waals surface area (Å²) in [7, 11) is 0. The summed E-state index contributed by atoms with van der Waals surface area (Å²) >= 11 is 0. The molecular formula is C22H38O4. The lowest BCUT2D eigenvalue weighted by Crippen LogP contribution is -2.09. The third kappa shape index (κ3) is 14.7. The van der Waals surface area contributed by atoms with Crippen molar-refractivity contribution in [3.63, 3.8) is 0 Å². The molecule has 0 aromatic heterocycles. The van der Waals surface area contributed by atoms with Gasteiger partial charge in [-0.2, -0.15) is 0 Å². The molecule has 0 amide bonds. The lowest BCUT2D eigenvalue weighted by Gasteiger charge is -2.06. The van der Waals surface area contributed by atoms with Crippen LogP contribution in [0.25, 0.3) is 0 Å². The third-order valence-corrected chi connectivity index (χ3v) is 4.24. The van der Waals surface area contributed by atoms with Crippen molar-refractivity contribution >= 4 is 11.9 Å². The Morgan fingerprint density at radius 3 is 1.69 bits per heavy atom. The van der Waals surface area contributed by atoms with E-state index in [1.54, 1.807) is 13.8 Å². The maximum atomic E-state index is 11.7. The van der Waals surface area contributed by atoms with E-state index in [1.807, 2.05) is 0 Å². The first-order chi connectivity index (χ1) is 12.5. The van der Waals surface area contributed by atoms with Gasteiger partial charge < -0.3 is 9.47 Å². The van der Waals surface area contributed by atoms with Crippen molar-refractivity contribution in [3.05, 3.63) is 24.0 Å². The zero-order chi connectivity index (χ0) is 19.6. The van der Waals surface area contributed by atoms with Gasteiger partial charge in [-0.15, -0.1) is 0 Å². The van der Waals surface area contributed by atoms with Crippen LogP contribution in [0.15, 0.2) is 24.0 Å². The topological polar surface area (TPSA) is 52.6 Å². The lowest BCUT2D eigenvalue weighted by atomic mass is 10.1. The maximum Gasteiger partial charge on any atom is 0.337 e. The molecule has 0 fully saturated rings. The minimum Gasteiger partial charge on any atom is -0.462 e. The molecule has 0 atom stereocenters. The Morgan fingerprint density at radius 1 is 0.769 bits per heavy atom. The standard InChI is InChI=1S/C22H38O4/c1-5-6-7-8-9-10-11-12-13-14-15-16-17-25-22(24)20(4)18-26-21(23)19(2)3/h18H,2,5-17H2,1,3-4H3/b20-18+. The Balaban J connectivity index is 3.49. The average molecular weight is 367 g/mol. The number of carbonyl (C=O) groups excluding carboxylic acids is 2. The molecule has 0 saturated carbocycles. The van der Waals surface area contributed by atoms with Crippen LogP contribution in [0.5, 0.6) is 0 Å². The molecule has 0 spiro atoms. The van der Waals surface area contributed by atoms with Crippen LogP contribution in [0, 0.1) is 0 Å². The fraction of sp³-hybridized carbons (Fsp3) is 0.727. The van der Waals surface area contributed by atoms with Gasteiger partial charge in [0.2, 0.25) is 0 Å². The summed E-state index contributed by atoms with van der Waals surface area (Å²) in [5.74, 6) is -0.985. The highest BCUT2D eigenvalue weighted by Gasteiger charge is 2.08. The van der Waals surface area contributed by atoms with Gasteiger partial charge in [-0.05, 0) is 20.3 Å². The molecular weight excluding hydrogens is 328 g/mol. The molecule has 0 saturated heterocycles. The first kappa shape index (κ1) is 24.4. The number of esters is 2. The van der Waals surface area contributed by atoms with E-state index in [0.29, 0.717) is 12.2 Å². The molecule has 0 unspecified atom stereocenters. The van der Waals surface area contributed by atoms with Crippen molar-refractivity contribution in [1.82, 2.24) is 0 Å². The van der Waals surface area contributed by atoms with Crippen molar-refractivity contribution in [1.29, 1.82) is 0 Å². The second-order valence-corrected chi connectivity index (χ2v) is 7.01. The van der Waals surface area contributed by atoms with E-state index < -0.39 is 11.9 Å². The van der Waals surface area contributed by atoms with Gasteiger partial charge in [-0.3, -0.25) is 0 Å². The first-order valence-electron chi connectivity index (χ1n) is 10.2. The number of ether oxygens (including phenoxy) is 2. The van der Waals surface area contributed by atoms with Gasteiger partial charge in [-0.1, -0.05) is 84.1 Å². The summed E-state index contributed by atoms with van der Waals surface area (Å²) in [6.07, 6.45) is 16.4. The summed E-state index contributed by atoms with van der Waals surface area (Å²) in [5, 5.41) is 0. The predicted octanol–water partition coefficient (Wildman–Crippen LogP) is 6.25. The minimum absolute atomic E-state index is 0.276. The van der Waals surface area contributed by atoms with Gasteiger partial charge in [-0.25, -0.2) is 9.59 Å². The van der Waals surface area contributed by atoms with Gasteiger partial charge in [0.15, 0.2) is 0 Å². The lowest BCUT2D eigenvalue weighted by molar-refractivity contribution is -0.139. The maximum absolute atomic E-state index is 11.7. The number of carbonyl (C=O) groups is 2. The Bertz CT molecular complexity index is 437. The van der Waals surface area contributed by atoms with Crippen LogP contribution in [-0.2, 0) is 19.1 Å². The van der Waals surface area contributed by atoms with E-state index in [4.69, 9.17) is 9.47 Å². The van der Waals surface area contributed by atoms with E-state index in [1.165, 1.54) is 64.2 Å². The Kier molecular flexibility index (Phi) is 15.8. The van der Waals surface area contributed by atoms with E-state index in [2.05, 4.69) is 13.5 Å². The van der Waals surface area contributed by atoms with Crippen LogP contribution in [0.2, 0.25) is 0 Å². The molecule has 0 bridgehead atoms. The first-order valence-corrected chi connectivity index (χ1v) is 10.2. The van der Waals surface area contributed by atoms with Crippen molar-refractivity contribution in [3.8, 4) is 0 Å². The minimum atomic E-state index is -0.543.